The highest BCUT2D eigenvalue weighted by Crippen LogP contribution is 2.52. The first-order valence-electron chi connectivity index (χ1n) is 17.4. The molecule has 1 spiro atoms. The van der Waals surface area contributed by atoms with Gasteiger partial charge < -0.3 is 19.1 Å². The van der Waals surface area contributed by atoms with Crippen LogP contribution in [0, 0.1) is 5.41 Å². The molecule has 0 radical (unpaired) electrons. The van der Waals surface area contributed by atoms with Gasteiger partial charge in [0.1, 0.15) is 11.1 Å². The molecule has 252 valence electrons. The van der Waals surface area contributed by atoms with Gasteiger partial charge in [0.15, 0.2) is 5.15 Å². The Morgan fingerprint density at radius 1 is 1.09 bits per heavy atom. The van der Waals surface area contributed by atoms with Gasteiger partial charge in [-0.15, -0.1) is 0 Å². The standard InChI is InChI=1S/C37H49ClN6O3/c1-8-23(2)43-22-39-29-20-28(40-32(38)31(29)43)24-9-10-27-30(17-24)44(26-18-25(19-26)42-14-11-36(6,7)21-42)33(45)37(27)12-15-41(16-13-37)34(46)47-35(3,4)5/h9-10,17,20,22-23,25-26H,8,11-16,18-19,21H2,1-7H3/t23-,25-,26+/m0/s1. The van der Waals surface area contributed by atoms with E-state index < -0.39 is 11.0 Å². The van der Waals surface area contributed by atoms with E-state index in [0.717, 1.165) is 65.9 Å². The van der Waals surface area contributed by atoms with E-state index in [9.17, 15) is 9.59 Å². The van der Waals surface area contributed by atoms with Crippen LogP contribution in [0.3, 0.4) is 0 Å². The number of aromatic nitrogens is 3. The molecule has 3 aromatic rings. The van der Waals surface area contributed by atoms with Crippen LogP contribution in [0.1, 0.15) is 98.6 Å². The van der Waals surface area contributed by atoms with Gasteiger partial charge in [-0.3, -0.25) is 9.69 Å². The van der Waals surface area contributed by atoms with E-state index in [-0.39, 0.29) is 24.1 Å². The van der Waals surface area contributed by atoms with E-state index in [0.29, 0.717) is 42.5 Å². The Hall–Kier alpha value is -3.17. The SMILES string of the molecule is CC[C@H](C)n1cnc2cc(-c3ccc4c(c3)N([C@H]3C[C@@H](N5CCC(C)(C)C5)C3)C(=O)C43CCN(C(=O)OC(C)(C)C)CC3)nc(Cl)c21. The van der Waals surface area contributed by atoms with E-state index in [1.807, 2.05) is 33.2 Å². The number of likely N-dealkylation sites (tertiary alicyclic amines) is 2. The summed E-state index contributed by atoms with van der Waals surface area (Å²) >= 11 is 6.82. The van der Waals surface area contributed by atoms with Crippen molar-refractivity contribution in [3.05, 3.63) is 41.3 Å². The second kappa shape index (κ2) is 11.5. The van der Waals surface area contributed by atoms with Crippen molar-refractivity contribution in [2.75, 3.05) is 31.1 Å². The molecule has 2 aromatic heterocycles. The Kier molecular flexibility index (Phi) is 7.90. The molecule has 0 unspecified atom stereocenters. The number of piperidine rings is 1. The number of halogens is 1. The highest BCUT2D eigenvalue weighted by Gasteiger charge is 2.56. The average Bonchev–Trinajstić information content (AvgIpc) is 3.65. The van der Waals surface area contributed by atoms with Gasteiger partial charge in [-0.1, -0.05) is 44.5 Å². The van der Waals surface area contributed by atoms with E-state index in [2.05, 4.69) is 65.2 Å². The van der Waals surface area contributed by atoms with Gasteiger partial charge in [0, 0.05) is 49.0 Å². The third-order valence-electron chi connectivity index (χ3n) is 11.2. The number of rotatable bonds is 5. The number of fused-ring (bicyclic) bond motifs is 3. The summed E-state index contributed by atoms with van der Waals surface area (Å²) in [7, 11) is 0. The fraction of sp³-hybridized carbons (Fsp3) is 0.622. The maximum absolute atomic E-state index is 14.7. The monoisotopic (exact) mass is 660 g/mol. The summed E-state index contributed by atoms with van der Waals surface area (Å²) < 4.78 is 7.77. The van der Waals surface area contributed by atoms with E-state index in [1.54, 1.807) is 4.90 Å². The third-order valence-corrected chi connectivity index (χ3v) is 11.5. The van der Waals surface area contributed by atoms with Crippen molar-refractivity contribution in [3.8, 4) is 11.3 Å². The minimum atomic E-state index is -0.656. The fourth-order valence-electron chi connectivity index (χ4n) is 8.22. The molecule has 3 aliphatic heterocycles. The van der Waals surface area contributed by atoms with Gasteiger partial charge in [-0.05, 0) is 95.9 Å². The molecule has 2 amide bonds. The molecule has 1 saturated carbocycles. The van der Waals surface area contributed by atoms with Crippen LogP contribution in [0.25, 0.3) is 22.3 Å². The number of amides is 2. The van der Waals surface area contributed by atoms with Gasteiger partial charge in [0.05, 0.1) is 23.0 Å². The lowest BCUT2D eigenvalue weighted by atomic mass is 9.73. The highest BCUT2D eigenvalue weighted by molar-refractivity contribution is 6.34. The predicted octanol–water partition coefficient (Wildman–Crippen LogP) is 7.60. The van der Waals surface area contributed by atoms with Crippen LogP contribution in [0.4, 0.5) is 10.5 Å². The van der Waals surface area contributed by atoms with Crippen molar-refractivity contribution in [2.24, 2.45) is 5.41 Å². The normalized spacial score (nSPS) is 24.6. The van der Waals surface area contributed by atoms with Crippen molar-refractivity contribution < 1.29 is 14.3 Å². The summed E-state index contributed by atoms with van der Waals surface area (Å²) in [6, 6.07) is 9.28. The second-order valence-electron chi connectivity index (χ2n) is 16.2. The van der Waals surface area contributed by atoms with Crippen LogP contribution in [0.15, 0.2) is 30.6 Å². The molecule has 4 aliphatic rings. The van der Waals surface area contributed by atoms with Gasteiger partial charge in [0.25, 0.3) is 0 Å². The van der Waals surface area contributed by atoms with Crippen LogP contribution < -0.4 is 4.90 Å². The van der Waals surface area contributed by atoms with Crippen molar-refractivity contribution >= 4 is 40.3 Å². The topological polar surface area (TPSA) is 83.8 Å². The summed E-state index contributed by atoms with van der Waals surface area (Å²) in [5.74, 6) is 0.174. The fourth-order valence-corrected chi connectivity index (χ4v) is 8.51. The number of benzene rings is 1. The summed E-state index contributed by atoms with van der Waals surface area (Å²) in [5.41, 5.74) is 4.51. The molecule has 1 aliphatic carbocycles. The summed E-state index contributed by atoms with van der Waals surface area (Å²) in [6.07, 6.45) is 6.84. The number of hydrogen-bond donors (Lipinski definition) is 0. The molecule has 1 aromatic carbocycles. The van der Waals surface area contributed by atoms with Crippen LogP contribution >= 0.6 is 11.6 Å². The molecule has 47 heavy (non-hydrogen) atoms. The largest absolute Gasteiger partial charge is 0.444 e. The van der Waals surface area contributed by atoms with Crippen molar-refractivity contribution in [2.45, 2.75) is 116 Å². The molecule has 10 heteroatoms. The number of pyridine rings is 1. The first-order valence-corrected chi connectivity index (χ1v) is 17.8. The van der Waals surface area contributed by atoms with Gasteiger partial charge in [0.2, 0.25) is 5.91 Å². The number of ether oxygens (including phenoxy) is 1. The molecule has 2 saturated heterocycles. The van der Waals surface area contributed by atoms with Gasteiger partial charge in [-0.2, -0.15) is 0 Å². The minimum Gasteiger partial charge on any atom is -0.444 e. The first kappa shape index (κ1) is 32.4. The van der Waals surface area contributed by atoms with E-state index >= 15 is 0 Å². The van der Waals surface area contributed by atoms with Crippen LogP contribution in [-0.4, -0.2) is 80.2 Å². The zero-order valence-corrected chi connectivity index (χ0v) is 29.7. The van der Waals surface area contributed by atoms with Crippen LogP contribution in [0.5, 0.6) is 0 Å². The van der Waals surface area contributed by atoms with Crippen LogP contribution in [0.2, 0.25) is 5.15 Å². The third kappa shape index (κ3) is 5.61. The lowest BCUT2D eigenvalue weighted by Gasteiger charge is -2.46. The minimum absolute atomic E-state index is 0.152. The molecular formula is C37H49ClN6O3. The highest BCUT2D eigenvalue weighted by atomic mass is 35.5. The molecule has 3 fully saturated rings. The number of carbonyl (C=O) groups excluding carboxylic acids is 2. The Morgan fingerprint density at radius 2 is 1.81 bits per heavy atom. The van der Waals surface area contributed by atoms with Gasteiger partial charge >= 0.3 is 6.09 Å². The summed E-state index contributed by atoms with van der Waals surface area (Å²) in [4.78, 5) is 43.7. The number of carbonyl (C=O) groups is 2. The second-order valence-corrected chi connectivity index (χ2v) is 16.6. The van der Waals surface area contributed by atoms with E-state index in [4.69, 9.17) is 21.3 Å². The number of imidazole rings is 1. The first-order chi connectivity index (χ1) is 22.2. The van der Waals surface area contributed by atoms with Crippen molar-refractivity contribution in [1.82, 2.24) is 24.3 Å². The Balaban J connectivity index is 1.21. The van der Waals surface area contributed by atoms with E-state index in [1.165, 1.54) is 6.42 Å². The Morgan fingerprint density at radius 3 is 2.45 bits per heavy atom. The maximum atomic E-state index is 14.7. The zero-order chi connectivity index (χ0) is 33.5. The molecule has 1 atom stereocenters. The molecule has 0 bridgehead atoms. The van der Waals surface area contributed by atoms with Crippen LogP contribution in [-0.2, 0) is 14.9 Å². The quantitative estimate of drug-likeness (QED) is 0.262. The lowest BCUT2D eigenvalue weighted by Crippen LogP contribution is -2.58. The smallest absolute Gasteiger partial charge is 0.410 e. The maximum Gasteiger partial charge on any atom is 0.410 e. The average molecular weight is 661 g/mol. The Bertz CT molecular complexity index is 1710. The lowest BCUT2D eigenvalue weighted by molar-refractivity contribution is -0.126. The predicted molar refractivity (Wildman–Crippen MR) is 186 cm³/mol. The molecular weight excluding hydrogens is 612 g/mol. The zero-order valence-electron chi connectivity index (χ0n) is 29.0. The number of hydrogen-bond acceptors (Lipinski definition) is 6. The van der Waals surface area contributed by atoms with Crippen molar-refractivity contribution in [1.29, 1.82) is 0 Å². The molecule has 9 nitrogen and oxygen atoms in total. The molecule has 5 heterocycles. The Labute approximate surface area is 283 Å². The summed E-state index contributed by atoms with van der Waals surface area (Å²) in [5, 5.41) is 0.435. The van der Waals surface area contributed by atoms with Crippen molar-refractivity contribution in [3.63, 3.8) is 0 Å². The molecule has 0 N–H and O–H groups in total. The molecule has 7 rings (SSSR count). The number of nitrogens with zero attached hydrogens (tertiary/aromatic N) is 6. The van der Waals surface area contributed by atoms with Gasteiger partial charge in [-0.25, -0.2) is 14.8 Å². The summed E-state index contributed by atoms with van der Waals surface area (Å²) in [6.45, 7) is 17.9. The number of anilines is 1.